The lowest BCUT2D eigenvalue weighted by Crippen LogP contribution is -2.34. The topological polar surface area (TPSA) is 165 Å². The number of phenolic OH excluding ortho intramolecular Hbond substituents is 1. The van der Waals surface area contributed by atoms with E-state index in [1.54, 1.807) is 12.1 Å². The predicted molar refractivity (Wildman–Crippen MR) is 220 cm³/mol. The standard InChI is InChI=1S/C45H51N5O7/c51-40-16-14-37(38-15-17-43(54)49-44(38)40)41(52)26-46-20-21-47-42(53)19-23-56-22-18-30-10-12-31(13-11-30)27-50-28-33-24-35(25-34(33)29-50)57-45(55)48-39-9-5-4-8-36(39)32-6-2-1-3-7-32/h1-17,33-35,41,46,51-52H,18-29H2,(H,47,53)(H,48,55)(H,49,54)/t33-,34+,35?,41-/m0/s1. The lowest BCUT2D eigenvalue weighted by molar-refractivity contribution is -0.122. The van der Waals surface area contributed by atoms with Crippen molar-refractivity contribution in [3.8, 4) is 16.9 Å². The fraction of sp³-hybridized carbons (Fsp3) is 0.356. The molecule has 1 unspecified atom stereocenters. The van der Waals surface area contributed by atoms with Gasteiger partial charge in [-0.15, -0.1) is 0 Å². The maximum atomic E-state index is 12.9. The first-order chi connectivity index (χ1) is 27.8. The van der Waals surface area contributed by atoms with Crippen molar-refractivity contribution < 1.29 is 29.3 Å². The number of carbonyl (C=O) groups is 2. The van der Waals surface area contributed by atoms with Crippen molar-refractivity contribution in [3.63, 3.8) is 0 Å². The smallest absolute Gasteiger partial charge is 0.411 e. The van der Waals surface area contributed by atoms with Gasteiger partial charge in [0.25, 0.3) is 0 Å². The number of benzene rings is 4. The molecular formula is C45H51N5O7. The number of aliphatic hydroxyl groups is 1. The molecular weight excluding hydrogens is 723 g/mol. The molecule has 2 heterocycles. The summed E-state index contributed by atoms with van der Waals surface area (Å²) < 4.78 is 11.6. The minimum atomic E-state index is -0.863. The molecule has 0 bridgehead atoms. The van der Waals surface area contributed by atoms with Crippen LogP contribution in [0, 0.1) is 11.8 Å². The van der Waals surface area contributed by atoms with Crippen LogP contribution in [0.1, 0.15) is 42.1 Å². The summed E-state index contributed by atoms with van der Waals surface area (Å²) in [5, 5.41) is 30.3. The van der Waals surface area contributed by atoms with Crippen LogP contribution in [0.2, 0.25) is 0 Å². The summed E-state index contributed by atoms with van der Waals surface area (Å²) in [6, 6.07) is 32.5. The Labute approximate surface area is 332 Å². The molecule has 2 aliphatic rings. The first-order valence-corrected chi connectivity index (χ1v) is 19.8. The maximum Gasteiger partial charge on any atom is 0.411 e. The van der Waals surface area contributed by atoms with Crippen molar-refractivity contribution in [2.45, 2.75) is 44.4 Å². The molecule has 1 aliphatic heterocycles. The summed E-state index contributed by atoms with van der Waals surface area (Å²) in [4.78, 5) is 41.9. The van der Waals surface area contributed by atoms with Crippen LogP contribution < -0.4 is 21.5 Å². The highest BCUT2D eigenvalue weighted by Gasteiger charge is 2.42. The van der Waals surface area contributed by atoms with E-state index in [0.29, 0.717) is 49.1 Å². The third-order valence-electron chi connectivity index (χ3n) is 11.0. The van der Waals surface area contributed by atoms with E-state index >= 15 is 0 Å². The van der Waals surface area contributed by atoms with Crippen LogP contribution in [-0.2, 0) is 27.2 Å². The van der Waals surface area contributed by atoms with Crippen molar-refractivity contribution in [2.24, 2.45) is 11.8 Å². The van der Waals surface area contributed by atoms with Gasteiger partial charge in [0.1, 0.15) is 11.9 Å². The quantitative estimate of drug-likeness (QED) is 0.0646. The molecule has 12 nitrogen and oxygen atoms in total. The number of nitrogens with one attached hydrogen (secondary N) is 4. The van der Waals surface area contributed by atoms with Gasteiger partial charge in [0, 0.05) is 62.7 Å². The van der Waals surface area contributed by atoms with Gasteiger partial charge in [-0.25, -0.2) is 4.79 Å². The van der Waals surface area contributed by atoms with Crippen molar-refractivity contribution in [1.29, 1.82) is 0 Å². The molecule has 1 saturated carbocycles. The van der Waals surface area contributed by atoms with Crippen LogP contribution in [0.15, 0.2) is 108 Å². The van der Waals surface area contributed by atoms with Crippen molar-refractivity contribution in [3.05, 3.63) is 130 Å². The van der Waals surface area contributed by atoms with Crippen LogP contribution in [0.25, 0.3) is 22.0 Å². The second-order valence-electron chi connectivity index (χ2n) is 15.0. The van der Waals surface area contributed by atoms with E-state index in [-0.39, 0.29) is 41.8 Å². The molecule has 5 aromatic rings. The third kappa shape index (κ3) is 10.7. The number of H-pyrrole nitrogens is 1. The number of amides is 2. The Morgan fingerprint density at radius 2 is 1.58 bits per heavy atom. The number of rotatable bonds is 17. The Morgan fingerprint density at radius 1 is 0.842 bits per heavy atom. The number of carbonyl (C=O) groups excluding carboxylic acids is 2. The van der Waals surface area contributed by atoms with Gasteiger partial charge in [0.15, 0.2) is 0 Å². The number of phenols is 1. The summed E-state index contributed by atoms with van der Waals surface area (Å²) in [5.74, 6) is 0.903. The molecule has 4 aromatic carbocycles. The summed E-state index contributed by atoms with van der Waals surface area (Å²) in [5.41, 5.74) is 5.77. The molecule has 2 fully saturated rings. The molecule has 298 valence electrons. The largest absolute Gasteiger partial charge is 0.506 e. The minimum Gasteiger partial charge on any atom is -0.506 e. The highest BCUT2D eigenvalue weighted by Crippen LogP contribution is 2.40. The van der Waals surface area contributed by atoms with Gasteiger partial charge in [0.05, 0.1) is 30.5 Å². The highest BCUT2D eigenvalue weighted by molar-refractivity contribution is 5.91. The lowest BCUT2D eigenvalue weighted by atomic mass is 10.0. The van der Waals surface area contributed by atoms with Crippen LogP contribution >= 0.6 is 0 Å². The zero-order chi connectivity index (χ0) is 39.6. The molecule has 4 atom stereocenters. The summed E-state index contributed by atoms with van der Waals surface area (Å²) in [6.45, 7) is 4.89. The van der Waals surface area contributed by atoms with Gasteiger partial charge in [-0.05, 0) is 71.6 Å². The van der Waals surface area contributed by atoms with Gasteiger partial charge in [0.2, 0.25) is 11.5 Å². The molecule has 2 amide bonds. The van der Waals surface area contributed by atoms with Gasteiger partial charge < -0.3 is 35.3 Å². The van der Waals surface area contributed by atoms with Gasteiger partial charge in [-0.3, -0.25) is 19.8 Å². The summed E-state index contributed by atoms with van der Waals surface area (Å²) in [7, 11) is 0. The Hall–Kier alpha value is -5.53. The number of hydrogen-bond donors (Lipinski definition) is 6. The molecule has 1 aromatic heterocycles. The molecule has 57 heavy (non-hydrogen) atoms. The number of aromatic amines is 1. The van der Waals surface area contributed by atoms with Crippen LogP contribution in [0.3, 0.4) is 0 Å². The number of aromatic nitrogens is 1. The van der Waals surface area contributed by atoms with E-state index < -0.39 is 12.2 Å². The Kier molecular flexibility index (Phi) is 13.3. The highest BCUT2D eigenvalue weighted by atomic mass is 16.6. The van der Waals surface area contributed by atoms with E-state index in [9.17, 15) is 24.6 Å². The van der Waals surface area contributed by atoms with Crippen molar-refractivity contribution in [2.75, 3.05) is 51.3 Å². The zero-order valence-corrected chi connectivity index (χ0v) is 32.0. The zero-order valence-electron chi connectivity index (χ0n) is 32.0. The fourth-order valence-electron chi connectivity index (χ4n) is 8.12. The molecule has 0 radical (unpaired) electrons. The number of likely N-dealkylation sites (tertiary alicyclic amines) is 1. The lowest BCUT2D eigenvalue weighted by Gasteiger charge is -2.20. The second kappa shape index (κ2) is 19.1. The number of aromatic hydroxyl groups is 1. The SMILES string of the molecule is O=C(CCOCCc1ccc(CN2C[C@H]3CC(OC(=O)Nc4ccccc4-c4ccccc4)C[C@H]3C2)cc1)NCCNC[C@H](O)c1ccc(O)c2[nH]c(=O)ccc12. The Morgan fingerprint density at radius 3 is 2.37 bits per heavy atom. The first kappa shape index (κ1) is 39.7. The number of ether oxygens (including phenoxy) is 2. The number of nitrogens with zero attached hydrogens (tertiary/aromatic N) is 1. The maximum absolute atomic E-state index is 12.9. The minimum absolute atomic E-state index is 0.0571. The third-order valence-corrected chi connectivity index (χ3v) is 11.0. The van der Waals surface area contributed by atoms with E-state index in [1.807, 2.05) is 54.6 Å². The van der Waals surface area contributed by atoms with Gasteiger partial charge >= 0.3 is 6.09 Å². The van der Waals surface area contributed by atoms with Crippen LogP contribution in [-0.4, -0.2) is 84.1 Å². The molecule has 1 aliphatic carbocycles. The second-order valence-corrected chi connectivity index (χ2v) is 15.0. The van der Waals surface area contributed by atoms with E-state index in [0.717, 1.165) is 55.7 Å². The summed E-state index contributed by atoms with van der Waals surface area (Å²) in [6.07, 6.45) is 1.50. The molecule has 7 rings (SSSR count). The van der Waals surface area contributed by atoms with Crippen molar-refractivity contribution in [1.82, 2.24) is 20.5 Å². The van der Waals surface area contributed by atoms with Gasteiger partial charge in [-0.1, -0.05) is 78.9 Å². The Bertz CT molecular complexity index is 2160. The number of anilines is 1. The van der Waals surface area contributed by atoms with Crippen LogP contribution in [0.5, 0.6) is 5.75 Å². The van der Waals surface area contributed by atoms with Crippen LogP contribution in [0.4, 0.5) is 10.5 Å². The number of para-hydroxylation sites is 1. The molecule has 0 spiro atoms. The predicted octanol–water partition coefficient (Wildman–Crippen LogP) is 5.75. The average Bonchev–Trinajstić information content (AvgIpc) is 3.76. The fourth-order valence-corrected chi connectivity index (χ4v) is 8.12. The molecule has 1 saturated heterocycles. The van der Waals surface area contributed by atoms with E-state index in [2.05, 4.69) is 50.1 Å². The van der Waals surface area contributed by atoms with Crippen molar-refractivity contribution >= 4 is 28.6 Å². The normalized spacial score (nSPS) is 18.3. The molecule has 12 heteroatoms. The van der Waals surface area contributed by atoms with E-state index in [1.165, 1.54) is 23.3 Å². The first-order valence-electron chi connectivity index (χ1n) is 19.8. The number of fused-ring (bicyclic) bond motifs is 2. The van der Waals surface area contributed by atoms with E-state index in [4.69, 9.17) is 9.47 Å². The number of aliphatic hydroxyl groups excluding tert-OH is 1. The summed E-state index contributed by atoms with van der Waals surface area (Å²) >= 11 is 0. The monoisotopic (exact) mass is 773 g/mol. The van der Waals surface area contributed by atoms with Gasteiger partial charge in [-0.2, -0.15) is 0 Å². The number of pyridine rings is 1. The average molecular weight is 774 g/mol. The number of hydrogen-bond acceptors (Lipinski definition) is 9. The Balaban J connectivity index is 0.732. The molecule has 6 N–H and O–H groups in total.